The zero-order chi connectivity index (χ0) is 15.7. The van der Waals surface area contributed by atoms with E-state index in [4.69, 9.17) is 5.73 Å². The number of aliphatic hydroxyl groups excluding tert-OH is 2. The largest absolute Gasteiger partial charge is 0.391 e. The Bertz CT molecular complexity index is 551. The van der Waals surface area contributed by atoms with Crippen LogP contribution in [0.15, 0.2) is 24.3 Å². The Kier molecular flexibility index (Phi) is 4.33. The van der Waals surface area contributed by atoms with Gasteiger partial charge in [-0.3, -0.25) is 4.90 Å². The van der Waals surface area contributed by atoms with E-state index in [2.05, 4.69) is 22.3 Å². The average molecular weight is 305 g/mol. The number of aliphatic hydroxyl groups is 2. The third kappa shape index (κ3) is 2.95. The van der Waals surface area contributed by atoms with E-state index < -0.39 is 24.3 Å². The van der Waals surface area contributed by atoms with Gasteiger partial charge in [-0.1, -0.05) is 24.3 Å². The van der Waals surface area contributed by atoms with Gasteiger partial charge in [-0.2, -0.15) is 0 Å². The highest BCUT2D eigenvalue weighted by Crippen LogP contribution is 2.29. The topological polar surface area (TPSA) is 98.8 Å². The summed E-state index contributed by atoms with van der Waals surface area (Å²) in [5.41, 5.74) is 7.73. The van der Waals surface area contributed by atoms with Crippen LogP contribution in [0.4, 0.5) is 4.79 Å². The summed E-state index contributed by atoms with van der Waals surface area (Å²) in [5, 5.41) is 23.5. The predicted molar refractivity (Wildman–Crippen MR) is 82.1 cm³/mol. The van der Waals surface area contributed by atoms with Gasteiger partial charge in [0.15, 0.2) is 0 Å². The van der Waals surface area contributed by atoms with Crippen LogP contribution in [-0.2, 0) is 13.0 Å². The second-order valence-corrected chi connectivity index (χ2v) is 6.23. The van der Waals surface area contributed by atoms with Gasteiger partial charge in [0.1, 0.15) is 0 Å². The smallest absolute Gasteiger partial charge is 0.312 e. The number of benzene rings is 1. The summed E-state index contributed by atoms with van der Waals surface area (Å²) >= 11 is 0. The van der Waals surface area contributed by atoms with Gasteiger partial charge in [0.05, 0.1) is 24.3 Å². The monoisotopic (exact) mass is 305 g/mol. The third-order valence-corrected chi connectivity index (χ3v) is 4.84. The van der Waals surface area contributed by atoms with Crippen molar-refractivity contribution in [3.05, 3.63) is 35.4 Å². The molecule has 0 aromatic heterocycles. The fraction of sp³-hybridized carbons (Fsp3) is 0.562. The number of nitrogens with one attached hydrogen (secondary N) is 1. The number of hydrogen-bond acceptors (Lipinski definition) is 4. The minimum absolute atomic E-state index is 0.376. The lowest BCUT2D eigenvalue weighted by Gasteiger charge is -2.45. The molecule has 2 aliphatic rings. The first-order chi connectivity index (χ1) is 10.6. The highest BCUT2D eigenvalue weighted by Gasteiger charge is 2.42. The van der Waals surface area contributed by atoms with Crippen molar-refractivity contribution in [1.29, 1.82) is 0 Å². The molecular formula is C16H23N3O3. The Hall–Kier alpha value is -1.63. The molecule has 1 saturated carbocycles. The predicted octanol–water partition coefficient (Wildman–Crippen LogP) is -0.0342. The number of rotatable bonds is 2. The molecule has 0 spiro atoms. The maximum Gasteiger partial charge on any atom is 0.312 e. The summed E-state index contributed by atoms with van der Waals surface area (Å²) in [5.74, 6) is 0. The molecule has 120 valence electrons. The van der Waals surface area contributed by atoms with E-state index >= 15 is 0 Å². The molecule has 1 aliphatic heterocycles. The number of urea groups is 1. The Balaban J connectivity index is 1.76. The van der Waals surface area contributed by atoms with Crippen LogP contribution in [0.2, 0.25) is 0 Å². The summed E-state index contributed by atoms with van der Waals surface area (Å²) in [7, 11) is 0. The van der Waals surface area contributed by atoms with Crippen molar-refractivity contribution >= 4 is 6.03 Å². The van der Waals surface area contributed by atoms with Crippen molar-refractivity contribution in [2.45, 2.75) is 50.1 Å². The number of hydrogen-bond donors (Lipinski definition) is 4. The second kappa shape index (κ2) is 6.24. The number of nitrogens with zero attached hydrogens (tertiary/aromatic N) is 1. The van der Waals surface area contributed by atoms with Gasteiger partial charge < -0.3 is 21.3 Å². The molecular weight excluding hydrogens is 282 g/mol. The zero-order valence-corrected chi connectivity index (χ0v) is 12.5. The number of fused-ring (bicyclic) bond motifs is 1. The quantitative estimate of drug-likeness (QED) is 0.616. The summed E-state index contributed by atoms with van der Waals surface area (Å²) in [6.45, 7) is 1.50. The molecule has 1 aliphatic carbocycles. The van der Waals surface area contributed by atoms with E-state index in [0.717, 1.165) is 13.0 Å². The first kappa shape index (κ1) is 15.3. The highest BCUT2D eigenvalue weighted by atomic mass is 16.3. The van der Waals surface area contributed by atoms with Crippen LogP contribution < -0.4 is 11.1 Å². The maximum absolute atomic E-state index is 11.1. The third-order valence-electron chi connectivity index (χ3n) is 4.84. The second-order valence-electron chi connectivity index (χ2n) is 6.23. The van der Waals surface area contributed by atoms with E-state index in [9.17, 15) is 15.0 Å². The molecule has 3 rings (SSSR count). The van der Waals surface area contributed by atoms with Gasteiger partial charge in [0.2, 0.25) is 0 Å². The number of carbonyl (C=O) groups excluding carboxylic acids is 1. The Labute approximate surface area is 129 Å². The molecule has 1 heterocycles. The minimum Gasteiger partial charge on any atom is -0.391 e. The van der Waals surface area contributed by atoms with E-state index in [1.807, 2.05) is 12.1 Å². The van der Waals surface area contributed by atoms with Crippen molar-refractivity contribution in [1.82, 2.24) is 10.2 Å². The lowest BCUT2D eigenvalue weighted by atomic mass is 9.83. The molecule has 0 saturated heterocycles. The molecule has 6 nitrogen and oxygen atoms in total. The van der Waals surface area contributed by atoms with Gasteiger partial charge in [0, 0.05) is 13.1 Å². The van der Waals surface area contributed by atoms with Gasteiger partial charge in [-0.15, -0.1) is 0 Å². The number of amides is 2. The number of carbonyl (C=O) groups is 1. The van der Waals surface area contributed by atoms with Crippen molar-refractivity contribution in [2.24, 2.45) is 5.73 Å². The van der Waals surface area contributed by atoms with Crippen LogP contribution in [0.1, 0.15) is 24.0 Å². The van der Waals surface area contributed by atoms with Gasteiger partial charge >= 0.3 is 6.03 Å². The standard InChI is InChI=1S/C16H23N3O3/c17-16(22)18-12-5-6-13(20)14(15(12)21)19-8-7-10-3-1-2-4-11(10)9-19/h1-4,12-15,20-21H,5-9H2,(H3,17,18,22)/t12-,13+,14-,15-/m1/s1. The van der Waals surface area contributed by atoms with Crippen LogP contribution in [0.25, 0.3) is 0 Å². The molecule has 5 N–H and O–H groups in total. The van der Waals surface area contributed by atoms with Crippen LogP contribution in [-0.4, -0.2) is 52.0 Å². The average Bonchev–Trinajstić information content (AvgIpc) is 2.50. The van der Waals surface area contributed by atoms with Gasteiger partial charge in [-0.25, -0.2) is 4.79 Å². The van der Waals surface area contributed by atoms with Crippen molar-refractivity contribution < 1.29 is 15.0 Å². The molecule has 1 aromatic rings. The molecule has 0 radical (unpaired) electrons. The van der Waals surface area contributed by atoms with Crippen molar-refractivity contribution in [3.8, 4) is 0 Å². The molecule has 1 fully saturated rings. The summed E-state index contributed by atoms with van der Waals surface area (Å²) in [6.07, 6.45) is 0.574. The Morgan fingerprint density at radius 1 is 1.23 bits per heavy atom. The maximum atomic E-state index is 11.1. The normalized spacial score (nSPS) is 32.3. The summed E-state index contributed by atoms with van der Waals surface area (Å²) in [6, 6.07) is 6.84. The molecule has 1 aromatic carbocycles. The zero-order valence-electron chi connectivity index (χ0n) is 12.5. The Morgan fingerprint density at radius 2 is 1.95 bits per heavy atom. The fourth-order valence-electron chi connectivity index (χ4n) is 3.73. The fourth-order valence-corrected chi connectivity index (χ4v) is 3.73. The first-order valence-corrected chi connectivity index (χ1v) is 7.79. The molecule has 0 unspecified atom stereocenters. The summed E-state index contributed by atoms with van der Waals surface area (Å²) < 4.78 is 0. The van der Waals surface area contributed by atoms with Crippen LogP contribution in [0.3, 0.4) is 0 Å². The lowest BCUT2D eigenvalue weighted by Crippen LogP contribution is -2.62. The van der Waals surface area contributed by atoms with Gasteiger partial charge in [-0.05, 0) is 30.4 Å². The van der Waals surface area contributed by atoms with Crippen LogP contribution >= 0.6 is 0 Å². The van der Waals surface area contributed by atoms with Crippen molar-refractivity contribution in [3.63, 3.8) is 0 Å². The molecule has 22 heavy (non-hydrogen) atoms. The van der Waals surface area contributed by atoms with Crippen LogP contribution in [0.5, 0.6) is 0 Å². The molecule has 2 amide bonds. The lowest BCUT2D eigenvalue weighted by molar-refractivity contribution is -0.0734. The van der Waals surface area contributed by atoms with Gasteiger partial charge in [0.25, 0.3) is 0 Å². The van der Waals surface area contributed by atoms with E-state index in [-0.39, 0.29) is 6.04 Å². The highest BCUT2D eigenvalue weighted by molar-refractivity contribution is 5.72. The van der Waals surface area contributed by atoms with Crippen LogP contribution in [0, 0.1) is 0 Å². The van der Waals surface area contributed by atoms with E-state index in [1.165, 1.54) is 11.1 Å². The number of nitrogens with two attached hydrogens (primary N) is 1. The SMILES string of the molecule is NC(=O)N[C@@H]1CC[C@H](O)[C@@H](N2CCc3ccccc3C2)[C@@H]1O. The van der Waals surface area contributed by atoms with E-state index in [0.29, 0.717) is 19.4 Å². The Morgan fingerprint density at radius 3 is 2.68 bits per heavy atom. The minimum atomic E-state index is -0.818. The summed E-state index contributed by atoms with van der Waals surface area (Å²) in [4.78, 5) is 13.2. The first-order valence-electron chi connectivity index (χ1n) is 7.79. The number of primary amides is 1. The van der Waals surface area contributed by atoms with E-state index in [1.54, 1.807) is 0 Å². The molecule has 6 heteroatoms. The molecule has 0 bridgehead atoms. The van der Waals surface area contributed by atoms with Crippen molar-refractivity contribution in [2.75, 3.05) is 6.54 Å². The molecule has 4 atom stereocenters.